The molecule has 25 heavy (non-hydrogen) atoms. The highest BCUT2D eigenvalue weighted by atomic mass is 16.6. The lowest BCUT2D eigenvalue weighted by atomic mass is 10.1. The van der Waals surface area contributed by atoms with E-state index in [0.29, 0.717) is 11.6 Å². The first-order chi connectivity index (χ1) is 12.0. The molecule has 2 aromatic carbocycles. The first kappa shape index (κ1) is 18.5. The van der Waals surface area contributed by atoms with Crippen LogP contribution in [0.3, 0.4) is 0 Å². The Bertz CT molecular complexity index is 707. The van der Waals surface area contributed by atoms with E-state index in [9.17, 15) is 4.79 Å². The van der Waals surface area contributed by atoms with Gasteiger partial charge in [-0.3, -0.25) is 4.79 Å². The van der Waals surface area contributed by atoms with Gasteiger partial charge >= 0.3 is 0 Å². The summed E-state index contributed by atoms with van der Waals surface area (Å²) in [5.41, 5.74) is 3.39. The van der Waals surface area contributed by atoms with Gasteiger partial charge in [0.05, 0.1) is 6.21 Å². The fraction of sp³-hybridized carbons (Fsp3) is 0.300. The Kier molecular flexibility index (Phi) is 6.57. The predicted octanol–water partition coefficient (Wildman–Crippen LogP) is 4.15. The van der Waals surface area contributed by atoms with Crippen LogP contribution in [0, 0.1) is 0 Å². The molecule has 0 bridgehead atoms. The molecule has 0 saturated carbocycles. The van der Waals surface area contributed by atoms with Crippen LogP contribution in [-0.2, 0) is 4.84 Å². The number of rotatable bonds is 7. The molecular formula is C20H25N3O2. The summed E-state index contributed by atoms with van der Waals surface area (Å²) < 4.78 is 0. The second-order valence-electron chi connectivity index (χ2n) is 5.92. The molecule has 1 N–H and O–H groups in total. The van der Waals surface area contributed by atoms with Gasteiger partial charge in [-0.2, -0.15) is 0 Å². The Labute approximate surface area is 149 Å². The van der Waals surface area contributed by atoms with Gasteiger partial charge in [-0.25, -0.2) is 0 Å². The van der Waals surface area contributed by atoms with Crippen LogP contribution in [0.1, 0.15) is 36.7 Å². The van der Waals surface area contributed by atoms with Gasteiger partial charge in [-0.05, 0) is 62.7 Å². The lowest BCUT2D eigenvalue weighted by molar-refractivity contribution is 0.102. The minimum atomic E-state index is -0.140. The average molecular weight is 339 g/mol. The molecule has 0 spiro atoms. The molecule has 0 aliphatic heterocycles. The third-order valence-electron chi connectivity index (χ3n) is 3.90. The lowest BCUT2D eigenvalue weighted by Crippen LogP contribution is -2.30. The molecule has 0 aliphatic carbocycles. The Hall–Kier alpha value is -2.82. The summed E-state index contributed by atoms with van der Waals surface area (Å²) in [5, 5.41) is 6.61. The number of hydrogen-bond donors (Lipinski definition) is 1. The van der Waals surface area contributed by atoms with Crippen LogP contribution in [0.5, 0.6) is 0 Å². The van der Waals surface area contributed by atoms with Crippen molar-refractivity contribution >= 4 is 23.5 Å². The maximum Gasteiger partial charge on any atom is 0.255 e. The highest BCUT2D eigenvalue weighted by Crippen LogP contribution is 2.20. The summed E-state index contributed by atoms with van der Waals surface area (Å²) in [5.74, 6) is -0.140. The molecule has 5 heteroatoms. The fourth-order valence-electron chi connectivity index (χ4n) is 2.62. The molecule has 132 valence electrons. The van der Waals surface area contributed by atoms with E-state index >= 15 is 0 Å². The van der Waals surface area contributed by atoms with Gasteiger partial charge in [0.1, 0.15) is 7.11 Å². The molecule has 2 rings (SSSR count). The third-order valence-corrected chi connectivity index (χ3v) is 3.90. The number of amides is 1. The van der Waals surface area contributed by atoms with E-state index in [4.69, 9.17) is 0 Å². The summed E-state index contributed by atoms with van der Waals surface area (Å²) >= 11 is 0. The SMILES string of the molecule is CCN(c1ccc(NC(=O)c2ccc(/C=N/OC)cc2)cc1)C(C)C. The highest BCUT2D eigenvalue weighted by molar-refractivity contribution is 6.04. The number of nitrogens with one attached hydrogen (secondary N) is 1. The van der Waals surface area contributed by atoms with E-state index in [1.54, 1.807) is 18.3 Å². The number of nitrogens with zero attached hydrogens (tertiary/aromatic N) is 2. The monoisotopic (exact) mass is 339 g/mol. The van der Waals surface area contributed by atoms with Gasteiger partial charge in [0, 0.05) is 29.5 Å². The van der Waals surface area contributed by atoms with Crippen LogP contribution in [0.25, 0.3) is 0 Å². The average Bonchev–Trinajstić information content (AvgIpc) is 2.62. The van der Waals surface area contributed by atoms with Crippen molar-refractivity contribution in [3.8, 4) is 0 Å². The first-order valence-corrected chi connectivity index (χ1v) is 8.39. The zero-order valence-corrected chi connectivity index (χ0v) is 15.2. The molecule has 5 nitrogen and oxygen atoms in total. The van der Waals surface area contributed by atoms with Gasteiger partial charge in [0.2, 0.25) is 0 Å². The van der Waals surface area contributed by atoms with Crippen molar-refractivity contribution in [2.45, 2.75) is 26.8 Å². The molecule has 0 aliphatic rings. The summed E-state index contributed by atoms with van der Waals surface area (Å²) in [4.78, 5) is 19.3. The minimum Gasteiger partial charge on any atom is -0.399 e. The van der Waals surface area contributed by atoms with Crippen molar-refractivity contribution in [3.63, 3.8) is 0 Å². The van der Waals surface area contributed by atoms with Crippen LogP contribution in [0.2, 0.25) is 0 Å². The van der Waals surface area contributed by atoms with E-state index in [0.717, 1.165) is 23.5 Å². The molecule has 0 fully saturated rings. The van der Waals surface area contributed by atoms with Crippen molar-refractivity contribution in [1.29, 1.82) is 0 Å². The molecule has 0 heterocycles. The normalized spacial score (nSPS) is 10.9. The van der Waals surface area contributed by atoms with Crippen LogP contribution < -0.4 is 10.2 Å². The van der Waals surface area contributed by atoms with Crippen LogP contribution in [-0.4, -0.2) is 31.8 Å². The molecule has 2 aromatic rings. The van der Waals surface area contributed by atoms with Gasteiger partial charge < -0.3 is 15.1 Å². The van der Waals surface area contributed by atoms with Crippen LogP contribution >= 0.6 is 0 Å². The predicted molar refractivity (Wildman–Crippen MR) is 104 cm³/mol. The highest BCUT2D eigenvalue weighted by Gasteiger charge is 2.09. The molecule has 0 aromatic heterocycles. The number of benzene rings is 2. The van der Waals surface area contributed by atoms with Crippen molar-refractivity contribution < 1.29 is 9.63 Å². The molecular weight excluding hydrogens is 314 g/mol. The van der Waals surface area contributed by atoms with Gasteiger partial charge in [0.15, 0.2) is 0 Å². The van der Waals surface area contributed by atoms with E-state index in [1.165, 1.54) is 7.11 Å². The summed E-state index contributed by atoms with van der Waals surface area (Å²) in [7, 11) is 1.49. The maximum atomic E-state index is 12.3. The molecule has 0 atom stereocenters. The van der Waals surface area contributed by atoms with E-state index < -0.39 is 0 Å². The second-order valence-corrected chi connectivity index (χ2v) is 5.92. The molecule has 0 saturated heterocycles. The number of anilines is 2. The Balaban J connectivity index is 2.04. The Morgan fingerprint density at radius 2 is 1.80 bits per heavy atom. The van der Waals surface area contributed by atoms with Gasteiger partial charge in [0.25, 0.3) is 5.91 Å². The summed E-state index contributed by atoms with van der Waals surface area (Å²) in [6.45, 7) is 7.42. The molecule has 0 unspecified atom stereocenters. The minimum absolute atomic E-state index is 0.140. The van der Waals surface area contributed by atoms with Crippen molar-refractivity contribution in [1.82, 2.24) is 0 Å². The van der Waals surface area contributed by atoms with E-state index in [2.05, 4.69) is 41.0 Å². The topological polar surface area (TPSA) is 53.9 Å². The summed E-state index contributed by atoms with van der Waals surface area (Å²) in [6.07, 6.45) is 1.59. The van der Waals surface area contributed by atoms with E-state index in [1.807, 2.05) is 36.4 Å². The van der Waals surface area contributed by atoms with Gasteiger partial charge in [-0.1, -0.05) is 17.3 Å². The van der Waals surface area contributed by atoms with E-state index in [-0.39, 0.29) is 5.91 Å². The molecule has 0 radical (unpaired) electrons. The second kappa shape index (κ2) is 8.87. The Morgan fingerprint density at radius 3 is 2.32 bits per heavy atom. The largest absolute Gasteiger partial charge is 0.399 e. The maximum absolute atomic E-state index is 12.3. The zero-order chi connectivity index (χ0) is 18.2. The Morgan fingerprint density at radius 1 is 1.16 bits per heavy atom. The van der Waals surface area contributed by atoms with Gasteiger partial charge in [-0.15, -0.1) is 0 Å². The van der Waals surface area contributed by atoms with Crippen molar-refractivity contribution in [2.75, 3.05) is 23.9 Å². The van der Waals surface area contributed by atoms with Crippen molar-refractivity contribution in [3.05, 3.63) is 59.7 Å². The number of hydrogen-bond acceptors (Lipinski definition) is 4. The zero-order valence-electron chi connectivity index (χ0n) is 15.2. The smallest absolute Gasteiger partial charge is 0.255 e. The lowest BCUT2D eigenvalue weighted by Gasteiger charge is -2.27. The van der Waals surface area contributed by atoms with Crippen LogP contribution in [0.4, 0.5) is 11.4 Å². The number of carbonyl (C=O) groups excluding carboxylic acids is 1. The molecule has 1 amide bonds. The van der Waals surface area contributed by atoms with Crippen molar-refractivity contribution in [2.24, 2.45) is 5.16 Å². The number of carbonyl (C=O) groups is 1. The third kappa shape index (κ3) is 5.08. The summed E-state index contributed by atoms with van der Waals surface area (Å²) in [6, 6.07) is 15.5. The standard InChI is InChI=1S/C20H25N3O2/c1-5-23(15(2)3)19-12-10-18(11-13-19)22-20(24)17-8-6-16(7-9-17)14-21-25-4/h6-15H,5H2,1-4H3,(H,22,24)/b21-14+. The number of oxime groups is 1. The van der Waals surface area contributed by atoms with Crippen LogP contribution in [0.15, 0.2) is 53.7 Å². The fourth-order valence-corrected chi connectivity index (χ4v) is 2.62. The quantitative estimate of drug-likeness (QED) is 0.609. The first-order valence-electron chi connectivity index (χ1n) is 8.39.